The van der Waals surface area contributed by atoms with E-state index in [0.717, 1.165) is 24.8 Å². The molecule has 2 aliphatic rings. The number of benzene rings is 2. The fourth-order valence-electron chi connectivity index (χ4n) is 5.24. The zero-order valence-electron chi connectivity index (χ0n) is 19.1. The standard InChI is InChI=1S/C26H33FN4O2/c1-30-17-20(25(32)29-22-9-7-21(27)8-10-22)16-24(30)19-11-13-31(14-12-19)26(33)23(28)15-18-5-3-2-4-6-18/h2-10,19-20,23-24H,11-17,28H2,1H3,(H,29,32)/t20-,23+,24-/m1/s1. The Hall–Kier alpha value is -2.77. The molecule has 2 heterocycles. The fourth-order valence-corrected chi connectivity index (χ4v) is 5.24. The maximum Gasteiger partial charge on any atom is 0.239 e. The number of hydrogen-bond donors (Lipinski definition) is 2. The first-order valence-electron chi connectivity index (χ1n) is 11.8. The minimum absolute atomic E-state index is 0.0181. The summed E-state index contributed by atoms with van der Waals surface area (Å²) in [5.41, 5.74) is 7.91. The van der Waals surface area contributed by atoms with Gasteiger partial charge in [-0.3, -0.25) is 9.59 Å². The minimum Gasteiger partial charge on any atom is -0.341 e. The van der Waals surface area contributed by atoms with Crippen LogP contribution in [-0.4, -0.2) is 60.4 Å². The predicted molar refractivity (Wildman–Crippen MR) is 127 cm³/mol. The molecular formula is C26H33FN4O2. The Kier molecular flexibility index (Phi) is 7.40. The summed E-state index contributed by atoms with van der Waals surface area (Å²) in [5, 5.41) is 2.91. The number of amides is 2. The van der Waals surface area contributed by atoms with Crippen molar-refractivity contribution in [3.63, 3.8) is 0 Å². The largest absolute Gasteiger partial charge is 0.341 e. The number of likely N-dealkylation sites (tertiary alicyclic amines) is 2. The third-order valence-electron chi connectivity index (χ3n) is 7.09. The zero-order chi connectivity index (χ0) is 23.4. The average molecular weight is 453 g/mol. The molecule has 2 fully saturated rings. The Morgan fingerprint density at radius 3 is 2.42 bits per heavy atom. The van der Waals surface area contributed by atoms with Crippen molar-refractivity contribution in [1.82, 2.24) is 9.80 Å². The van der Waals surface area contributed by atoms with Crippen LogP contribution in [0.25, 0.3) is 0 Å². The molecule has 0 bridgehead atoms. The lowest BCUT2D eigenvalue weighted by Crippen LogP contribution is -2.49. The van der Waals surface area contributed by atoms with E-state index in [-0.39, 0.29) is 23.5 Å². The monoisotopic (exact) mass is 452 g/mol. The molecule has 33 heavy (non-hydrogen) atoms. The van der Waals surface area contributed by atoms with Gasteiger partial charge in [0.25, 0.3) is 0 Å². The van der Waals surface area contributed by atoms with Crippen LogP contribution in [0.1, 0.15) is 24.8 Å². The van der Waals surface area contributed by atoms with Gasteiger partial charge in [-0.1, -0.05) is 30.3 Å². The molecule has 2 amide bonds. The second-order valence-electron chi connectivity index (χ2n) is 9.39. The molecule has 3 N–H and O–H groups in total. The molecule has 6 nitrogen and oxygen atoms in total. The van der Waals surface area contributed by atoms with E-state index in [1.54, 1.807) is 12.1 Å². The number of carbonyl (C=O) groups is 2. The summed E-state index contributed by atoms with van der Waals surface area (Å²) in [7, 11) is 2.07. The van der Waals surface area contributed by atoms with Crippen LogP contribution in [0.4, 0.5) is 10.1 Å². The Morgan fingerprint density at radius 1 is 1.09 bits per heavy atom. The van der Waals surface area contributed by atoms with Crippen molar-refractivity contribution < 1.29 is 14.0 Å². The molecule has 2 aromatic carbocycles. The van der Waals surface area contributed by atoms with Crippen LogP contribution in [0.3, 0.4) is 0 Å². The third-order valence-corrected chi connectivity index (χ3v) is 7.09. The number of hydrogen-bond acceptors (Lipinski definition) is 4. The highest BCUT2D eigenvalue weighted by Crippen LogP contribution is 2.33. The van der Waals surface area contributed by atoms with Crippen LogP contribution in [0.2, 0.25) is 0 Å². The number of nitrogens with two attached hydrogens (primary N) is 1. The highest BCUT2D eigenvalue weighted by atomic mass is 19.1. The molecule has 176 valence electrons. The SMILES string of the molecule is CN1C[C@H](C(=O)Nc2ccc(F)cc2)C[C@@H]1C1CCN(C(=O)[C@@H](N)Cc2ccccc2)CC1. The number of halogens is 1. The lowest BCUT2D eigenvalue weighted by atomic mass is 9.86. The van der Waals surface area contributed by atoms with Gasteiger partial charge in [-0.05, 0) is 68.5 Å². The number of piperidine rings is 1. The molecule has 0 aromatic heterocycles. The van der Waals surface area contributed by atoms with E-state index in [1.807, 2.05) is 35.2 Å². The van der Waals surface area contributed by atoms with Crippen LogP contribution in [-0.2, 0) is 16.0 Å². The molecule has 3 atom stereocenters. The van der Waals surface area contributed by atoms with Crippen molar-refractivity contribution in [1.29, 1.82) is 0 Å². The van der Waals surface area contributed by atoms with Crippen molar-refractivity contribution in [2.75, 3.05) is 32.0 Å². The van der Waals surface area contributed by atoms with Crippen molar-refractivity contribution in [3.8, 4) is 0 Å². The Balaban J connectivity index is 1.26. The lowest BCUT2D eigenvalue weighted by Gasteiger charge is -2.38. The first kappa shape index (κ1) is 23.4. The van der Waals surface area contributed by atoms with Gasteiger partial charge in [0, 0.05) is 31.4 Å². The first-order chi connectivity index (χ1) is 15.9. The molecule has 2 aromatic rings. The van der Waals surface area contributed by atoms with Crippen LogP contribution >= 0.6 is 0 Å². The molecule has 0 spiro atoms. The minimum atomic E-state index is -0.516. The molecule has 2 saturated heterocycles. The molecule has 0 radical (unpaired) electrons. The third kappa shape index (κ3) is 5.78. The lowest BCUT2D eigenvalue weighted by molar-refractivity contribution is -0.134. The van der Waals surface area contributed by atoms with Gasteiger partial charge in [0.2, 0.25) is 11.8 Å². The second kappa shape index (κ2) is 10.4. The summed E-state index contributed by atoms with van der Waals surface area (Å²) >= 11 is 0. The maximum atomic E-state index is 13.1. The van der Waals surface area contributed by atoms with Gasteiger partial charge in [-0.15, -0.1) is 0 Å². The summed E-state index contributed by atoms with van der Waals surface area (Å²) in [6, 6.07) is 15.5. The van der Waals surface area contributed by atoms with E-state index >= 15 is 0 Å². The number of nitrogens with zero attached hydrogens (tertiary/aromatic N) is 2. The molecule has 4 rings (SSSR count). The predicted octanol–water partition coefficient (Wildman–Crippen LogP) is 2.89. The Bertz CT molecular complexity index is 945. The molecule has 2 aliphatic heterocycles. The molecule has 0 saturated carbocycles. The second-order valence-corrected chi connectivity index (χ2v) is 9.39. The van der Waals surface area contributed by atoms with Crippen molar-refractivity contribution >= 4 is 17.5 Å². The van der Waals surface area contributed by atoms with Crippen LogP contribution < -0.4 is 11.1 Å². The quantitative estimate of drug-likeness (QED) is 0.707. The molecule has 0 unspecified atom stereocenters. The maximum absolute atomic E-state index is 13.1. The molecule has 0 aliphatic carbocycles. The summed E-state index contributed by atoms with van der Waals surface area (Å²) < 4.78 is 13.1. The van der Waals surface area contributed by atoms with Gasteiger partial charge in [-0.25, -0.2) is 4.39 Å². The number of carbonyl (C=O) groups excluding carboxylic acids is 2. The summed E-state index contributed by atoms with van der Waals surface area (Å²) in [4.78, 5) is 29.8. The highest BCUT2D eigenvalue weighted by molar-refractivity contribution is 5.92. The van der Waals surface area contributed by atoms with Gasteiger partial charge < -0.3 is 20.9 Å². The van der Waals surface area contributed by atoms with Gasteiger partial charge >= 0.3 is 0 Å². The average Bonchev–Trinajstić information content (AvgIpc) is 3.22. The van der Waals surface area contributed by atoms with E-state index in [0.29, 0.717) is 43.7 Å². The first-order valence-corrected chi connectivity index (χ1v) is 11.8. The smallest absolute Gasteiger partial charge is 0.239 e. The van der Waals surface area contributed by atoms with E-state index in [9.17, 15) is 14.0 Å². The highest BCUT2D eigenvalue weighted by Gasteiger charge is 2.40. The van der Waals surface area contributed by atoms with Crippen molar-refractivity contribution in [2.45, 2.75) is 37.8 Å². The fraction of sp³-hybridized carbons (Fsp3) is 0.462. The van der Waals surface area contributed by atoms with E-state index in [4.69, 9.17) is 5.73 Å². The molecule has 7 heteroatoms. The number of anilines is 1. The summed E-state index contributed by atoms with van der Waals surface area (Å²) in [6.07, 6.45) is 3.20. The van der Waals surface area contributed by atoms with E-state index in [1.165, 1.54) is 12.1 Å². The van der Waals surface area contributed by atoms with Crippen LogP contribution in [0.5, 0.6) is 0 Å². The normalized spacial score (nSPS) is 22.8. The van der Waals surface area contributed by atoms with Gasteiger partial charge in [0.1, 0.15) is 5.82 Å². The zero-order valence-corrected chi connectivity index (χ0v) is 19.1. The summed E-state index contributed by atoms with van der Waals surface area (Å²) in [5.74, 6) is 0.0422. The van der Waals surface area contributed by atoms with Crippen molar-refractivity contribution in [2.24, 2.45) is 17.6 Å². The van der Waals surface area contributed by atoms with Crippen LogP contribution in [0, 0.1) is 17.7 Å². The van der Waals surface area contributed by atoms with Crippen LogP contribution in [0.15, 0.2) is 54.6 Å². The topological polar surface area (TPSA) is 78.7 Å². The van der Waals surface area contributed by atoms with Gasteiger partial charge in [0.15, 0.2) is 0 Å². The van der Waals surface area contributed by atoms with Gasteiger partial charge in [0.05, 0.1) is 12.0 Å². The Morgan fingerprint density at radius 2 is 1.76 bits per heavy atom. The van der Waals surface area contributed by atoms with Gasteiger partial charge in [-0.2, -0.15) is 0 Å². The van der Waals surface area contributed by atoms with Crippen molar-refractivity contribution in [3.05, 3.63) is 66.0 Å². The summed E-state index contributed by atoms with van der Waals surface area (Å²) in [6.45, 7) is 2.13. The van der Waals surface area contributed by atoms with E-state index in [2.05, 4.69) is 17.3 Å². The Labute approximate surface area is 194 Å². The molecular weight excluding hydrogens is 419 g/mol. The van der Waals surface area contributed by atoms with E-state index < -0.39 is 6.04 Å². The number of nitrogens with one attached hydrogen (secondary N) is 1. The number of rotatable bonds is 6.